The van der Waals surface area contributed by atoms with Crippen LogP contribution in [0.4, 0.5) is 0 Å². The quantitative estimate of drug-likeness (QED) is 0.593. The summed E-state index contributed by atoms with van der Waals surface area (Å²) in [6.45, 7) is 4.03. The van der Waals surface area contributed by atoms with Crippen LogP contribution in [0.5, 0.6) is 0 Å². The first kappa shape index (κ1) is 11.2. The lowest BCUT2D eigenvalue weighted by atomic mass is 9.72. The Kier molecular flexibility index (Phi) is 2.39. The first-order valence-corrected chi connectivity index (χ1v) is 6.25. The molecule has 1 aromatic heterocycles. The fraction of sp³-hybridized carbons (Fsp3) is 0.400. The van der Waals surface area contributed by atoms with Crippen molar-refractivity contribution in [1.82, 2.24) is 0 Å². The van der Waals surface area contributed by atoms with E-state index in [9.17, 15) is 4.79 Å². The number of furan rings is 1. The number of carbonyl (C=O) groups excluding carboxylic acids is 1. The first-order chi connectivity index (χ1) is 8.66. The van der Waals surface area contributed by atoms with Crippen molar-refractivity contribution in [2.75, 3.05) is 0 Å². The minimum absolute atomic E-state index is 0.326. The van der Waals surface area contributed by atoms with E-state index in [0.29, 0.717) is 0 Å². The van der Waals surface area contributed by atoms with E-state index < -0.39 is 0 Å². The summed E-state index contributed by atoms with van der Waals surface area (Å²) in [6.07, 6.45) is 4.71. The molecule has 3 heteroatoms. The van der Waals surface area contributed by atoms with Gasteiger partial charge in [-0.2, -0.15) is 4.99 Å². The zero-order chi connectivity index (χ0) is 12.8. The number of hydrogen-bond donors (Lipinski definition) is 0. The zero-order valence-electron chi connectivity index (χ0n) is 10.6. The molecular formula is C15H15NO2. The van der Waals surface area contributed by atoms with Gasteiger partial charge in [-0.25, -0.2) is 4.79 Å². The summed E-state index contributed by atoms with van der Waals surface area (Å²) in [5, 5.41) is 1.12. The Bertz CT molecular complexity index is 658. The third kappa shape index (κ3) is 1.44. The van der Waals surface area contributed by atoms with Crippen LogP contribution >= 0.6 is 0 Å². The summed E-state index contributed by atoms with van der Waals surface area (Å²) in [5.74, 6) is 0.948. The molecule has 0 N–H and O–H groups in total. The van der Waals surface area contributed by atoms with Gasteiger partial charge < -0.3 is 4.42 Å². The van der Waals surface area contributed by atoms with Crippen LogP contribution < -0.4 is 0 Å². The van der Waals surface area contributed by atoms with Crippen molar-refractivity contribution in [1.29, 1.82) is 0 Å². The molecule has 92 valence electrons. The lowest BCUT2D eigenvalue weighted by Gasteiger charge is -2.37. The van der Waals surface area contributed by atoms with Gasteiger partial charge in [0.2, 0.25) is 6.08 Å². The van der Waals surface area contributed by atoms with Crippen LogP contribution in [0.1, 0.15) is 36.1 Å². The van der Waals surface area contributed by atoms with Crippen molar-refractivity contribution in [3.05, 3.63) is 35.1 Å². The van der Waals surface area contributed by atoms with Gasteiger partial charge >= 0.3 is 0 Å². The number of hydrogen-bond acceptors (Lipinski definition) is 3. The molecule has 0 atom stereocenters. The van der Waals surface area contributed by atoms with Gasteiger partial charge in [0.25, 0.3) is 0 Å². The van der Waals surface area contributed by atoms with E-state index in [0.717, 1.165) is 47.1 Å². The van der Waals surface area contributed by atoms with E-state index in [1.165, 1.54) is 0 Å². The number of fused-ring (bicyclic) bond motifs is 1. The standard InChI is InChI=1S/C15H15NO2/c1-10-11(2)18-14-5-4-12(8-13(10)14)15(16-9-17)6-3-7-15/h4-5,8H,3,6-7H2,1-2H3. The van der Waals surface area contributed by atoms with Crippen LogP contribution in [0.25, 0.3) is 11.0 Å². The lowest BCUT2D eigenvalue weighted by molar-refractivity contribution is 0.256. The molecule has 1 saturated carbocycles. The van der Waals surface area contributed by atoms with Crippen LogP contribution in [0, 0.1) is 13.8 Å². The molecule has 0 unspecified atom stereocenters. The topological polar surface area (TPSA) is 42.6 Å². The maximum atomic E-state index is 10.6. The fourth-order valence-corrected chi connectivity index (χ4v) is 2.70. The molecule has 0 spiro atoms. The predicted molar refractivity (Wildman–Crippen MR) is 69.3 cm³/mol. The van der Waals surface area contributed by atoms with E-state index in [2.05, 4.69) is 18.0 Å². The van der Waals surface area contributed by atoms with Crippen molar-refractivity contribution in [2.45, 2.75) is 38.6 Å². The molecular weight excluding hydrogens is 226 g/mol. The minimum Gasteiger partial charge on any atom is -0.461 e. The van der Waals surface area contributed by atoms with Gasteiger partial charge in [-0.15, -0.1) is 0 Å². The largest absolute Gasteiger partial charge is 0.461 e. The van der Waals surface area contributed by atoms with Crippen molar-refractivity contribution in [3.8, 4) is 0 Å². The Balaban J connectivity index is 2.18. The van der Waals surface area contributed by atoms with Gasteiger partial charge in [-0.1, -0.05) is 6.07 Å². The fourth-order valence-electron chi connectivity index (χ4n) is 2.70. The van der Waals surface area contributed by atoms with E-state index in [1.54, 1.807) is 6.08 Å². The van der Waals surface area contributed by atoms with Crippen LogP contribution in [-0.4, -0.2) is 6.08 Å². The smallest absolute Gasteiger partial charge is 0.235 e. The molecule has 2 aromatic rings. The third-order valence-corrected chi connectivity index (χ3v) is 4.15. The van der Waals surface area contributed by atoms with Gasteiger partial charge in [0.15, 0.2) is 0 Å². The Morgan fingerprint density at radius 3 is 2.72 bits per heavy atom. The molecule has 1 fully saturated rings. The number of aliphatic imine (C=N–C) groups is 1. The Morgan fingerprint density at radius 1 is 1.33 bits per heavy atom. The highest BCUT2D eigenvalue weighted by Gasteiger charge is 2.39. The van der Waals surface area contributed by atoms with E-state index in [4.69, 9.17) is 4.42 Å². The summed E-state index contributed by atoms with van der Waals surface area (Å²) in [4.78, 5) is 14.6. The zero-order valence-corrected chi connectivity index (χ0v) is 10.6. The molecule has 1 heterocycles. The second-order valence-corrected chi connectivity index (χ2v) is 5.08. The molecule has 3 rings (SSSR count). The number of benzene rings is 1. The molecule has 0 bridgehead atoms. The summed E-state index contributed by atoms with van der Waals surface area (Å²) in [5.41, 5.74) is 2.84. The van der Waals surface area contributed by atoms with Crippen LogP contribution in [0.2, 0.25) is 0 Å². The maximum Gasteiger partial charge on any atom is 0.235 e. The van der Waals surface area contributed by atoms with Gasteiger partial charge in [-0.3, -0.25) is 0 Å². The van der Waals surface area contributed by atoms with Gasteiger partial charge in [0.1, 0.15) is 11.3 Å². The maximum absolute atomic E-state index is 10.6. The molecule has 18 heavy (non-hydrogen) atoms. The molecule has 0 radical (unpaired) electrons. The number of isocyanates is 1. The van der Waals surface area contributed by atoms with Crippen LogP contribution in [0.3, 0.4) is 0 Å². The number of nitrogens with zero attached hydrogens (tertiary/aromatic N) is 1. The highest BCUT2D eigenvalue weighted by atomic mass is 16.3. The monoisotopic (exact) mass is 241 g/mol. The van der Waals surface area contributed by atoms with Crippen molar-refractivity contribution in [2.24, 2.45) is 4.99 Å². The average Bonchev–Trinajstić information content (AvgIpc) is 2.60. The summed E-state index contributed by atoms with van der Waals surface area (Å²) in [7, 11) is 0. The van der Waals surface area contributed by atoms with Crippen molar-refractivity contribution < 1.29 is 9.21 Å². The number of aryl methyl sites for hydroxylation is 2. The first-order valence-electron chi connectivity index (χ1n) is 6.25. The summed E-state index contributed by atoms with van der Waals surface area (Å²) >= 11 is 0. The Labute approximate surface area is 106 Å². The second kappa shape index (κ2) is 3.82. The van der Waals surface area contributed by atoms with E-state index >= 15 is 0 Å². The minimum atomic E-state index is -0.326. The van der Waals surface area contributed by atoms with Crippen LogP contribution in [0.15, 0.2) is 27.6 Å². The average molecular weight is 241 g/mol. The summed E-state index contributed by atoms with van der Waals surface area (Å²) < 4.78 is 5.67. The second-order valence-electron chi connectivity index (χ2n) is 5.08. The molecule has 0 amide bonds. The van der Waals surface area contributed by atoms with E-state index in [1.807, 2.05) is 19.1 Å². The highest BCUT2D eigenvalue weighted by Crippen LogP contribution is 2.45. The highest BCUT2D eigenvalue weighted by molar-refractivity contribution is 5.83. The lowest BCUT2D eigenvalue weighted by Crippen LogP contribution is -2.31. The molecule has 3 nitrogen and oxygen atoms in total. The molecule has 0 aliphatic heterocycles. The Hall–Kier alpha value is -1.86. The van der Waals surface area contributed by atoms with Crippen LogP contribution in [-0.2, 0) is 10.3 Å². The van der Waals surface area contributed by atoms with E-state index in [-0.39, 0.29) is 5.54 Å². The van der Waals surface area contributed by atoms with Crippen molar-refractivity contribution >= 4 is 17.0 Å². The Morgan fingerprint density at radius 2 is 2.11 bits per heavy atom. The van der Waals surface area contributed by atoms with Gasteiger partial charge in [0.05, 0.1) is 5.54 Å². The third-order valence-electron chi connectivity index (χ3n) is 4.15. The molecule has 1 aromatic carbocycles. The van der Waals surface area contributed by atoms with Crippen molar-refractivity contribution in [3.63, 3.8) is 0 Å². The molecule has 0 saturated heterocycles. The van der Waals surface area contributed by atoms with Gasteiger partial charge in [0, 0.05) is 5.39 Å². The molecule has 1 aliphatic rings. The summed E-state index contributed by atoms with van der Waals surface area (Å²) in [6, 6.07) is 6.11. The number of rotatable bonds is 2. The predicted octanol–water partition coefficient (Wildman–Crippen LogP) is 3.76. The van der Waals surface area contributed by atoms with Gasteiger partial charge in [-0.05, 0) is 56.4 Å². The SMILES string of the molecule is Cc1oc2ccc(C3(N=C=O)CCC3)cc2c1C. The molecule has 1 aliphatic carbocycles. The normalized spacial score (nSPS) is 17.2.